The fraction of sp³-hybridized carbons (Fsp3) is 0.545. The van der Waals surface area contributed by atoms with E-state index in [1.54, 1.807) is 24.5 Å². The summed E-state index contributed by atoms with van der Waals surface area (Å²) in [6, 6.07) is 5.84. The molecule has 5 N–H and O–H groups in total. The van der Waals surface area contributed by atoms with Crippen LogP contribution in [0.3, 0.4) is 0 Å². The number of nitrogens with one attached hydrogen (secondary N) is 1. The average Bonchev–Trinajstić information content (AvgIpc) is 3.64. The molecule has 3 fully saturated rings. The first kappa shape index (κ1) is 23.2. The Morgan fingerprint density at radius 3 is 2.73 bits per heavy atom. The number of amides is 3. The van der Waals surface area contributed by atoms with Gasteiger partial charge in [0.2, 0.25) is 5.91 Å². The predicted octanol–water partition coefficient (Wildman–Crippen LogP) is 1.76. The van der Waals surface area contributed by atoms with Crippen LogP contribution in [-0.2, 0) is 4.79 Å². The molecule has 180 valence electrons. The van der Waals surface area contributed by atoms with Crippen molar-refractivity contribution in [2.45, 2.75) is 57.1 Å². The van der Waals surface area contributed by atoms with Gasteiger partial charge in [0.1, 0.15) is 17.6 Å². The molecule has 33 heavy (non-hydrogen) atoms. The zero-order valence-electron chi connectivity index (χ0n) is 18.3. The molecule has 8 nitrogen and oxygen atoms in total. The minimum Gasteiger partial charge on any atom is -0.406 e. The molecular weight excluding hydrogens is 439 g/mol. The lowest BCUT2D eigenvalue weighted by Crippen LogP contribution is -2.71. The maximum Gasteiger partial charge on any atom is 0.573 e. The number of rotatable bonds is 7. The lowest BCUT2D eigenvalue weighted by atomic mass is 10.0. The maximum absolute atomic E-state index is 13.0. The number of nitrogens with two attached hydrogens (primary N) is 2. The number of hydrogen-bond donors (Lipinski definition) is 3. The molecule has 11 heteroatoms. The van der Waals surface area contributed by atoms with Crippen LogP contribution in [0.5, 0.6) is 5.75 Å². The van der Waals surface area contributed by atoms with Gasteiger partial charge in [-0.3, -0.25) is 10.1 Å². The van der Waals surface area contributed by atoms with Crippen LogP contribution < -0.4 is 21.1 Å². The SMILES string of the molecule is CC(=O)N1C[C@H](N(C(=O)NC/C(N)=C/[NH2+]c2cccc(OC(F)(F)F)c2)C2CC2)CC2CC21. The summed E-state index contributed by atoms with van der Waals surface area (Å²) in [7, 11) is 0. The summed E-state index contributed by atoms with van der Waals surface area (Å²) >= 11 is 0. The Labute approximate surface area is 189 Å². The molecule has 1 aromatic rings. The largest absolute Gasteiger partial charge is 0.573 e. The van der Waals surface area contributed by atoms with Gasteiger partial charge < -0.3 is 25.6 Å². The van der Waals surface area contributed by atoms with Crippen molar-refractivity contribution in [2.75, 3.05) is 13.1 Å². The molecule has 3 atom stereocenters. The van der Waals surface area contributed by atoms with Gasteiger partial charge in [0.15, 0.2) is 0 Å². The van der Waals surface area contributed by atoms with Crippen molar-refractivity contribution in [3.8, 4) is 5.75 Å². The number of nitrogens with zero attached hydrogens (tertiary/aromatic N) is 2. The van der Waals surface area contributed by atoms with Gasteiger partial charge in [-0.05, 0) is 43.7 Å². The third-order valence-corrected chi connectivity index (χ3v) is 6.27. The summed E-state index contributed by atoms with van der Waals surface area (Å²) in [5.41, 5.74) is 6.84. The van der Waals surface area contributed by atoms with E-state index in [2.05, 4.69) is 10.1 Å². The number of benzene rings is 1. The number of halogens is 3. The molecule has 2 aliphatic carbocycles. The molecule has 3 aliphatic rings. The number of urea groups is 1. The van der Waals surface area contributed by atoms with Crippen molar-refractivity contribution in [1.29, 1.82) is 0 Å². The third kappa shape index (κ3) is 6.10. The third-order valence-electron chi connectivity index (χ3n) is 6.27. The smallest absolute Gasteiger partial charge is 0.406 e. The number of fused-ring (bicyclic) bond motifs is 1. The lowest BCUT2D eigenvalue weighted by Gasteiger charge is -2.39. The molecule has 0 bridgehead atoms. The predicted molar refractivity (Wildman–Crippen MR) is 113 cm³/mol. The molecule has 1 heterocycles. The van der Waals surface area contributed by atoms with Crippen LogP contribution in [0.25, 0.3) is 0 Å². The van der Waals surface area contributed by atoms with Gasteiger partial charge in [-0.1, -0.05) is 6.07 Å². The van der Waals surface area contributed by atoms with Crippen LogP contribution >= 0.6 is 0 Å². The number of quaternary nitrogens is 1. The van der Waals surface area contributed by atoms with Crippen molar-refractivity contribution in [2.24, 2.45) is 11.7 Å². The Balaban J connectivity index is 1.31. The first-order valence-electron chi connectivity index (χ1n) is 11.1. The maximum atomic E-state index is 13.0. The number of piperidine rings is 1. The Kier molecular flexibility index (Phi) is 6.42. The quantitative estimate of drug-likeness (QED) is 0.531. The summed E-state index contributed by atoms with van der Waals surface area (Å²) < 4.78 is 41.1. The van der Waals surface area contributed by atoms with E-state index in [0.29, 0.717) is 29.9 Å². The average molecular weight is 469 g/mol. The molecule has 0 spiro atoms. The minimum atomic E-state index is -4.76. The Morgan fingerprint density at radius 2 is 2.06 bits per heavy atom. The highest BCUT2D eigenvalue weighted by atomic mass is 19.4. The van der Waals surface area contributed by atoms with Crippen molar-refractivity contribution in [3.05, 3.63) is 36.2 Å². The summed E-state index contributed by atoms with van der Waals surface area (Å²) in [6.45, 7) is 2.24. The summed E-state index contributed by atoms with van der Waals surface area (Å²) in [6.07, 6.45) is 0.610. The van der Waals surface area contributed by atoms with Gasteiger partial charge in [0.05, 0.1) is 18.3 Å². The molecular formula is C22H29F3N5O3+. The zero-order chi connectivity index (χ0) is 23.8. The summed E-state index contributed by atoms with van der Waals surface area (Å²) in [5.74, 6) is 0.204. The van der Waals surface area contributed by atoms with Crippen molar-refractivity contribution >= 4 is 17.6 Å². The second-order valence-corrected chi connectivity index (χ2v) is 8.95. The molecule has 3 amide bonds. The Morgan fingerprint density at radius 1 is 1.30 bits per heavy atom. The summed E-state index contributed by atoms with van der Waals surface area (Å²) in [5, 5.41) is 4.41. The van der Waals surface area contributed by atoms with E-state index in [1.807, 2.05) is 9.80 Å². The highest BCUT2D eigenvalue weighted by Gasteiger charge is 2.51. The van der Waals surface area contributed by atoms with E-state index in [4.69, 9.17) is 5.73 Å². The van der Waals surface area contributed by atoms with Crippen LogP contribution in [0.15, 0.2) is 36.2 Å². The molecule has 1 saturated heterocycles. The van der Waals surface area contributed by atoms with Crippen molar-refractivity contribution in [3.63, 3.8) is 0 Å². The Bertz CT molecular complexity index is 934. The number of hydrogen-bond acceptors (Lipinski definition) is 4. The molecule has 4 rings (SSSR count). The van der Waals surface area contributed by atoms with Crippen LogP contribution in [0.4, 0.5) is 23.7 Å². The van der Waals surface area contributed by atoms with E-state index in [9.17, 15) is 22.8 Å². The first-order chi connectivity index (χ1) is 15.6. The van der Waals surface area contributed by atoms with Gasteiger partial charge in [0, 0.05) is 31.6 Å². The van der Waals surface area contributed by atoms with Crippen LogP contribution in [0.1, 0.15) is 32.6 Å². The standard InChI is InChI=1S/C22H28F3N5O3/c1-13(31)29-12-18(7-14-8-20(14)29)30(17-5-6-17)21(32)28-11-15(26)10-27-16-3-2-4-19(9-16)33-22(23,24)25/h2-4,9-10,14,17-18,20,27H,5-8,11-12,26H2,1H3,(H,28,32)/p+1/b15-10-/t14?,18-,20?/m1/s1. The van der Waals surface area contributed by atoms with Crippen molar-refractivity contribution < 1.29 is 32.8 Å². The highest BCUT2D eigenvalue weighted by Crippen LogP contribution is 2.45. The number of carbonyl (C=O) groups excluding carboxylic acids is 2. The van der Waals surface area contributed by atoms with E-state index < -0.39 is 6.36 Å². The highest BCUT2D eigenvalue weighted by molar-refractivity contribution is 5.77. The van der Waals surface area contributed by atoms with Gasteiger partial charge in [-0.25, -0.2) is 4.79 Å². The van der Waals surface area contributed by atoms with Crippen molar-refractivity contribution in [1.82, 2.24) is 15.1 Å². The second kappa shape index (κ2) is 9.12. The molecule has 1 aromatic carbocycles. The normalized spacial score (nSPS) is 24.7. The zero-order valence-corrected chi connectivity index (χ0v) is 18.3. The molecule has 0 aromatic heterocycles. The van der Waals surface area contributed by atoms with Crippen LogP contribution in [-0.4, -0.2) is 59.3 Å². The van der Waals surface area contributed by atoms with Gasteiger partial charge in [0.25, 0.3) is 0 Å². The topological polar surface area (TPSA) is 105 Å². The molecule has 2 saturated carbocycles. The Hall–Kier alpha value is -2.95. The van der Waals surface area contributed by atoms with Crippen LogP contribution in [0, 0.1) is 5.92 Å². The van der Waals surface area contributed by atoms with E-state index in [0.717, 1.165) is 25.7 Å². The van der Waals surface area contributed by atoms with Crippen LogP contribution in [0.2, 0.25) is 0 Å². The van der Waals surface area contributed by atoms with Gasteiger partial charge in [-0.15, -0.1) is 13.2 Å². The lowest BCUT2D eigenvalue weighted by molar-refractivity contribution is -0.497. The molecule has 2 unspecified atom stereocenters. The van der Waals surface area contributed by atoms with E-state index in [-0.39, 0.29) is 36.3 Å². The number of ether oxygens (including phenoxy) is 1. The number of alkyl halides is 3. The van der Waals surface area contributed by atoms with Gasteiger partial charge in [-0.2, -0.15) is 0 Å². The monoisotopic (exact) mass is 468 g/mol. The minimum absolute atomic E-state index is 0.00158. The number of carbonyl (C=O) groups is 2. The second-order valence-electron chi connectivity index (χ2n) is 8.95. The first-order valence-corrected chi connectivity index (χ1v) is 11.1. The molecule has 0 radical (unpaired) electrons. The molecule has 1 aliphatic heterocycles. The fourth-order valence-corrected chi connectivity index (χ4v) is 4.55. The van der Waals surface area contributed by atoms with E-state index >= 15 is 0 Å². The summed E-state index contributed by atoms with van der Waals surface area (Å²) in [4.78, 5) is 28.7. The fourth-order valence-electron chi connectivity index (χ4n) is 4.55. The number of likely N-dealkylation sites (tertiary alicyclic amines) is 1. The van der Waals surface area contributed by atoms with Gasteiger partial charge >= 0.3 is 12.4 Å². The van der Waals surface area contributed by atoms with E-state index in [1.165, 1.54) is 18.2 Å².